The summed E-state index contributed by atoms with van der Waals surface area (Å²) in [5, 5.41) is 14.2. The lowest BCUT2D eigenvalue weighted by Crippen LogP contribution is -2.38. The Bertz CT molecular complexity index is 753. The summed E-state index contributed by atoms with van der Waals surface area (Å²) in [7, 11) is 0. The van der Waals surface area contributed by atoms with Crippen LogP contribution in [0.3, 0.4) is 0 Å². The average molecular weight is 475 g/mol. The van der Waals surface area contributed by atoms with Crippen LogP contribution in [0, 0.1) is 5.92 Å². The zero-order valence-corrected chi connectivity index (χ0v) is 19.9. The number of aliphatic hydroxyl groups excluding tert-OH is 1. The first kappa shape index (κ1) is 29.1. The second kappa shape index (κ2) is 18.5. The minimum atomic E-state index is -0.626. The zero-order valence-electron chi connectivity index (χ0n) is 19.9. The number of amides is 2. The van der Waals surface area contributed by atoms with E-state index in [4.69, 9.17) is 14.6 Å². The topological polar surface area (TPSA) is 114 Å². The molecule has 0 radical (unpaired) electrons. The number of ether oxygens (including phenoxy) is 2. The molecular weight excluding hydrogens is 436 g/mol. The molecule has 0 saturated heterocycles. The van der Waals surface area contributed by atoms with E-state index in [1.54, 1.807) is 6.08 Å². The molecule has 1 aromatic rings. The van der Waals surface area contributed by atoms with Crippen molar-refractivity contribution in [3.8, 4) is 0 Å². The second-order valence-corrected chi connectivity index (χ2v) is 7.78. The van der Waals surface area contributed by atoms with Gasteiger partial charge in [-0.05, 0) is 31.2 Å². The number of nitrogens with one attached hydrogen (secondary N) is 2. The van der Waals surface area contributed by atoms with Gasteiger partial charge >= 0.3 is 5.97 Å². The molecule has 2 atom stereocenters. The SMILES string of the molecule is C=CCCCCC(=O)OC(CNC(=O)C(CC=C)CC(=O)NCCOCCO)c1ccccc1. The first-order chi connectivity index (χ1) is 16.5. The predicted molar refractivity (Wildman–Crippen MR) is 131 cm³/mol. The Hall–Kier alpha value is -2.97. The van der Waals surface area contributed by atoms with E-state index < -0.39 is 12.0 Å². The predicted octanol–water partition coefficient (Wildman–Crippen LogP) is 2.84. The van der Waals surface area contributed by atoms with Crippen LogP contribution in [0.5, 0.6) is 0 Å². The van der Waals surface area contributed by atoms with Crippen LogP contribution < -0.4 is 10.6 Å². The molecule has 8 nitrogen and oxygen atoms in total. The van der Waals surface area contributed by atoms with Crippen molar-refractivity contribution in [3.63, 3.8) is 0 Å². The Kier molecular flexibility index (Phi) is 15.8. The molecule has 0 aliphatic heterocycles. The molecule has 1 rings (SSSR count). The van der Waals surface area contributed by atoms with Crippen LogP contribution in [0.4, 0.5) is 0 Å². The van der Waals surface area contributed by atoms with E-state index in [2.05, 4.69) is 23.8 Å². The van der Waals surface area contributed by atoms with Crippen molar-refractivity contribution in [1.82, 2.24) is 10.6 Å². The third-order valence-corrected chi connectivity index (χ3v) is 5.00. The Balaban J connectivity index is 2.64. The molecule has 0 aliphatic carbocycles. The molecule has 1 aromatic carbocycles. The maximum Gasteiger partial charge on any atom is 0.306 e. The van der Waals surface area contributed by atoms with Gasteiger partial charge in [0.15, 0.2) is 0 Å². The van der Waals surface area contributed by atoms with Crippen molar-refractivity contribution in [2.45, 2.75) is 44.6 Å². The fourth-order valence-electron chi connectivity index (χ4n) is 3.22. The highest BCUT2D eigenvalue weighted by atomic mass is 16.5. The molecule has 2 amide bonds. The molecule has 0 heterocycles. The maximum absolute atomic E-state index is 12.8. The lowest BCUT2D eigenvalue weighted by Gasteiger charge is -2.21. The molecule has 0 fully saturated rings. The molecule has 3 N–H and O–H groups in total. The van der Waals surface area contributed by atoms with Crippen LogP contribution >= 0.6 is 0 Å². The standard InChI is InChI=1S/C26H38N2O6/c1-3-5-6-10-14-25(31)34-23(21-12-8-7-9-13-21)20-28-26(32)22(11-4-2)19-24(30)27-15-17-33-18-16-29/h3-4,7-9,12-13,22-23,29H,1-2,5-6,10-11,14-20H2,(H,27,30)(H,28,32). The van der Waals surface area contributed by atoms with E-state index in [1.165, 1.54) is 0 Å². The molecule has 188 valence electrons. The summed E-state index contributed by atoms with van der Waals surface area (Å²) in [4.78, 5) is 37.4. The van der Waals surface area contributed by atoms with Gasteiger partial charge in [0.25, 0.3) is 0 Å². The van der Waals surface area contributed by atoms with Crippen molar-refractivity contribution in [2.24, 2.45) is 5.92 Å². The summed E-state index contributed by atoms with van der Waals surface area (Å²) in [5.41, 5.74) is 0.781. The van der Waals surface area contributed by atoms with Crippen molar-refractivity contribution in [1.29, 1.82) is 0 Å². The first-order valence-corrected chi connectivity index (χ1v) is 11.7. The van der Waals surface area contributed by atoms with Gasteiger partial charge in [-0.2, -0.15) is 0 Å². The number of hydrogen-bond acceptors (Lipinski definition) is 6. The van der Waals surface area contributed by atoms with Gasteiger partial charge in [0.05, 0.1) is 32.3 Å². The van der Waals surface area contributed by atoms with Crippen LogP contribution in [-0.4, -0.2) is 55.8 Å². The smallest absolute Gasteiger partial charge is 0.306 e. The first-order valence-electron chi connectivity index (χ1n) is 11.7. The van der Waals surface area contributed by atoms with E-state index in [0.29, 0.717) is 25.8 Å². The molecule has 0 spiro atoms. The Labute approximate surface area is 202 Å². The van der Waals surface area contributed by atoms with Crippen molar-refractivity contribution in [2.75, 3.05) is 32.9 Å². The van der Waals surface area contributed by atoms with Crippen LogP contribution in [0.1, 0.15) is 50.2 Å². The van der Waals surface area contributed by atoms with Gasteiger partial charge in [0.2, 0.25) is 11.8 Å². The minimum Gasteiger partial charge on any atom is -0.456 e. The summed E-state index contributed by atoms with van der Waals surface area (Å²) in [6, 6.07) is 9.24. The number of allylic oxidation sites excluding steroid dienone is 2. The molecule has 0 aliphatic rings. The Morgan fingerprint density at radius 1 is 1.03 bits per heavy atom. The lowest BCUT2D eigenvalue weighted by atomic mass is 9.99. The van der Waals surface area contributed by atoms with Crippen molar-refractivity contribution < 1.29 is 29.0 Å². The van der Waals surface area contributed by atoms with Crippen LogP contribution in [-0.2, 0) is 23.9 Å². The molecule has 34 heavy (non-hydrogen) atoms. The third-order valence-electron chi connectivity index (χ3n) is 5.00. The number of carbonyl (C=O) groups is 3. The number of hydrogen-bond donors (Lipinski definition) is 3. The average Bonchev–Trinajstić information content (AvgIpc) is 2.84. The number of rotatable bonds is 19. The normalized spacial score (nSPS) is 12.3. The van der Waals surface area contributed by atoms with Gasteiger partial charge in [0.1, 0.15) is 6.10 Å². The molecule has 0 bridgehead atoms. The quantitative estimate of drug-likeness (QED) is 0.161. The molecule has 2 unspecified atom stereocenters. The molecule has 0 saturated carbocycles. The van der Waals surface area contributed by atoms with Gasteiger partial charge < -0.3 is 25.2 Å². The Morgan fingerprint density at radius 3 is 2.47 bits per heavy atom. The highest BCUT2D eigenvalue weighted by Crippen LogP contribution is 2.19. The lowest BCUT2D eigenvalue weighted by molar-refractivity contribution is -0.150. The molecular formula is C26H38N2O6. The number of aliphatic hydroxyl groups is 1. The Morgan fingerprint density at radius 2 is 1.79 bits per heavy atom. The van der Waals surface area contributed by atoms with Crippen LogP contribution in [0.2, 0.25) is 0 Å². The van der Waals surface area contributed by atoms with Gasteiger partial charge in [0, 0.05) is 19.4 Å². The summed E-state index contributed by atoms with van der Waals surface area (Å²) < 4.78 is 10.8. The van der Waals surface area contributed by atoms with Crippen LogP contribution in [0.15, 0.2) is 55.6 Å². The van der Waals surface area contributed by atoms with Gasteiger partial charge in [-0.25, -0.2) is 0 Å². The number of unbranched alkanes of at least 4 members (excludes halogenated alkanes) is 2. The summed E-state index contributed by atoms with van der Waals surface area (Å²) in [5.74, 6) is -1.51. The number of esters is 1. The summed E-state index contributed by atoms with van der Waals surface area (Å²) >= 11 is 0. The third kappa shape index (κ3) is 12.9. The van der Waals surface area contributed by atoms with Crippen LogP contribution in [0.25, 0.3) is 0 Å². The molecule has 0 aromatic heterocycles. The van der Waals surface area contributed by atoms with E-state index in [1.807, 2.05) is 36.4 Å². The summed E-state index contributed by atoms with van der Waals surface area (Å²) in [6.45, 7) is 8.16. The van der Waals surface area contributed by atoms with E-state index >= 15 is 0 Å². The van der Waals surface area contributed by atoms with Crippen molar-refractivity contribution >= 4 is 17.8 Å². The zero-order chi connectivity index (χ0) is 25.0. The fourth-order valence-corrected chi connectivity index (χ4v) is 3.22. The highest BCUT2D eigenvalue weighted by molar-refractivity contribution is 5.86. The maximum atomic E-state index is 12.8. The van der Waals surface area contributed by atoms with Crippen molar-refractivity contribution in [3.05, 3.63) is 61.2 Å². The van der Waals surface area contributed by atoms with E-state index in [9.17, 15) is 14.4 Å². The van der Waals surface area contributed by atoms with E-state index in [0.717, 1.165) is 18.4 Å². The van der Waals surface area contributed by atoms with Gasteiger partial charge in [-0.1, -0.05) is 42.5 Å². The fraction of sp³-hybridized carbons (Fsp3) is 0.500. The van der Waals surface area contributed by atoms with E-state index in [-0.39, 0.29) is 50.6 Å². The minimum absolute atomic E-state index is 0.00303. The largest absolute Gasteiger partial charge is 0.456 e. The number of carbonyl (C=O) groups excluding carboxylic acids is 3. The summed E-state index contributed by atoms with van der Waals surface area (Å²) in [6.07, 6.45) is 5.84. The number of benzene rings is 1. The second-order valence-electron chi connectivity index (χ2n) is 7.78. The van der Waals surface area contributed by atoms with Gasteiger partial charge in [-0.15, -0.1) is 13.2 Å². The molecule has 8 heteroatoms. The van der Waals surface area contributed by atoms with Gasteiger partial charge in [-0.3, -0.25) is 14.4 Å². The highest BCUT2D eigenvalue weighted by Gasteiger charge is 2.23. The monoisotopic (exact) mass is 474 g/mol.